The third kappa shape index (κ3) is 2.62. The summed E-state index contributed by atoms with van der Waals surface area (Å²) in [4.78, 5) is 0. The highest BCUT2D eigenvalue weighted by Crippen LogP contribution is 2.33. The maximum Gasteiger partial charge on any atom is 0.129 e. The first-order valence-electron chi connectivity index (χ1n) is 5.71. The van der Waals surface area contributed by atoms with Crippen molar-refractivity contribution in [2.24, 2.45) is 5.41 Å². The zero-order valence-electron chi connectivity index (χ0n) is 11.1. The molecule has 0 spiro atoms. The van der Waals surface area contributed by atoms with Crippen LogP contribution in [-0.2, 0) is 0 Å². The molecule has 1 aromatic rings. The Morgan fingerprint density at radius 1 is 1.12 bits per heavy atom. The number of rotatable bonds is 2. The van der Waals surface area contributed by atoms with Crippen molar-refractivity contribution in [3.05, 3.63) is 34.6 Å². The van der Waals surface area contributed by atoms with Gasteiger partial charge in [-0.3, -0.25) is 0 Å². The predicted molar refractivity (Wildman–Crippen MR) is 67.1 cm³/mol. The van der Waals surface area contributed by atoms with E-state index in [2.05, 4.69) is 26.1 Å². The normalized spacial score (nSPS) is 13.9. The Morgan fingerprint density at radius 2 is 1.56 bits per heavy atom. The Balaban J connectivity index is 3.22. The van der Waals surface area contributed by atoms with Gasteiger partial charge >= 0.3 is 0 Å². The fraction of sp³-hybridized carbons (Fsp3) is 0.571. The van der Waals surface area contributed by atoms with Crippen LogP contribution in [0.5, 0.6) is 0 Å². The van der Waals surface area contributed by atoms with E-state index in [0.29, 0.717) is 0 Å². The highest BCUT2D eigenvalue weighted by Gasteiger charge is 2.25. The second kappa shape index (κ2) is 4.54. The Morgan fingerprint density at radius 3 is 1.88 bits per heavy atom. The molecule has 0 heterocycles. The molecule has 1 unspecified atom stereocenters. The third-order valence-corrected chi connectivity index (χ3v) is 2.95. The van der Waals surface area contributed by atoms with Gasteiger partial charge < -0.3 is 5.32 Å². The fourth-order valence-corrected chi connectivity index (χ4v) is 2.25. The molecule has 0 bridgehead atoms. The highest BCUT2D eigenvalue weighted by molar-refractivity contribution is 5.33. The first-order valence-corrected chi connectivity index (χ1v) is 5.71. The van der Waals surface area contributed by atoms with E-state index in [1.54, 1.807) is 0 Å². The minimum absolute atomic E-state index is 0.0903. The van der Waals surface area contributed by atoms with Gasteiger partial charge in [0.05, 0.1) is 0 Å². The van der Waals surface area contributed by atoms with E-state index in [1.807, 2.05) is 33.0 Å². The van der Waals surface area contributed by atoms with Gasteiger partial charge in [0.1, 0.15) is 5.82 Å². The molecule has 0 radical (unpaired) electrons. The summed E-state index contributed by atoms with van der Waals surface area (Å²) >= 11 is 0. The summed E-state index contributed by atoms with van der Waals surface area (Å²) in [6.07, 6.45) is 0. The monoisotopic (exact) mass is 223 g/mol. The van der Waals surface area contributed by atoms with Gasteiger partial charge in [-0.25, -0.2) is 4.39 Å². The van der Waals surface area contributed by atoms with Crippen LogP contribution in [0.4, 0.5) is 4.39 Å². The SMILES string of the molecule is CNC(c1cc(C)c(F)c(C)c1)C(C)(C)C. The van der Waals surface area contributed by atoms with E-state index in [0.717, 1.165) is 16.7 Å². The summed E-state index contributed by atoms with van der Waals surface area (Å²) in [6.45, 7) is 10.2. The van der Waals surface area contributed by atoms with Crippen LogP contribution in [0.1, 0.15) is 43.5 Å². The van der Waals surface area contributed by atoms with Crippen LogP contribution in [0.15, 0.2) is 12.1 Å². The second-order valence-corrected chi connectivity index (χ2v) is 5.56. The lowest BCUT2D eigenvalue weighted by Crippen LogP contribution is -2.29. The number of aryl methyl sites for hydroxylation is 2. The van der Waals surface area contributed by atoms with E-state index in [-0.39, 0.29) is 17.3 Å². The van der Waals surface area contributed by atoms with Crippen LogP contribution < -0.4 is 5.32 Å². The van der Waals surface area contributed by atoms with Crippen LogP contribution in [0, 0.1) is 25.1 Å². The average Bonchev–Trinajstić information content (AvgIpc) is 2.12. The smallest absolute Gasteiger partial charge is 0.129 e. The molecule has 16 heavy (non-hydrogen) atoms. The molecule has 0 aromatic heterocycles. The summed E-state index contributed by atoms with van der Waals surface area (Å²) in [5.41, 5.74) is 2.72. The molecule has 0 fully saturated rings. The number of nitrogens with one attached hydrogen (secondary N) is 1. The van der Waals surface area contributed by atoms with Gasteiger partial charge in [-0.05, 0) is 43.0 Å². The predicted octanol–water partition coefficient (Wildman–Crippen LogP) is 3.75. The van der Waals surface area contributed by atoms with Crippen molar-refractivity contribution in [2.75, 3.05) is 7.05 Å². The van der Waals surface area contributed by atoms with E-state index in [1.165, 1.54) is 0 Å². The summed E-state index contributed by atoms with van der Waals surface area (Å²) in [6, 6.07) is 4.12. The van der Waals surface area contributed by atoms with Crippen LogP contribution in [0.2, 0.25) is 0 Å². The lowest BCUT2D eigenvalue weighted by molar-refractivity contribution is 0.286. The lowest BCUT2D eigenvalue weighted by Gasteiger charge is -2.31. The molecule has 1 atom stereocenters. The first kappa shape index (κ1) is 13.2. The fourth-order valence-electron chi connectivity index (χ4n) is 2.25. The van der Waals surface area contributed by atoms with Gasteiger partial charge in [0.2, 0.25) is 0 Å². The van der Waals surface area contributed by atoms with Crippen molar-refractivity contribution in [2.45, 2.75) is 40.7 Å². The van der Waals surface area contributed by atoms with E-state index in [4.69, 9.17) is 0 Å². The highest BCUT2D eigenvalue weighted by atomic mass is 19.1. The zero-order chi connectivity index (χ0) is 12.5. The Kier molecular flexibility index (Phi) is 3.74. The summed E-state index contributed by atoms with van der Waals surface area (Å²) in [5, 5.41) is 3.31. The van der Waals surface area contributed by atoms with E-state index in [9.17, 15) is 4.39 Å². The van der Waals surface area contributed by atoms with Crippen molar-refractivity contribution in [3.63, 3.8) is 0 Å². The third-order valence-electron chi connectivity index (χ3n) is 2.95. The minimum Gasteiger partial charge on any atom is -0.313 e. The molecule has 0 amide bonds. The summed E-state index contributed by atoms with van der Waals surface area (Å²) in [5.74, 6) is -0.0903. The lowest BCUT2D eigenvalue weighted by atomic mass is 9.81. The number of hydrogen-bond acceptors (Lipinski definition) is 1. The van der Waals surface area contributed by atoms with Crippen LogP contribution >= 0.6 is 0 Å². The average molecular weight is 223 g/mol. The molecule has 1 aromatic carbocycles. The van der Waals surface area contributed by atoms with Crippen molar-refractivity contribution in [1.29, 1.82) is 0 Å². The molecule has 0 aliphatic rings. The van der Waals surface area contributed by atoms with Gasteiger partial charge in [0.25, 0.3) is 0 Å². The molecular weight excluding hydrogens is 201 g/mol. The van der Waals surface area contributed by atoms with Crippen LogP contribution in [0.3, 0.4) is 0 Å². The summed E-state index contributed by atoms with van der Waals surface area (Å²) in [7, 11) is 1.95. The van der Waals surface area contributed by atoms with E-state index < -0.39 is 0 Å². The standard InChI is InChI=1S/C14H22FN/c1-9-7-11(8-10(2)12(9)15)13(16-6)14(3,4)5/h7-8,13,16H,1-6H3. The Hall–Kier alpha value is -0.890. The molecule has 2 heteroatoms. The van der Waals surface area contributed by atoms with Crippen molar-refractivity contribution in [1.82, 2.24) is 5.32 Å². The van der Waals surface area contributed by atoms with Crippen LogP contribution in [0.25, 0.3) is 0 Å². The molecule has 1 N–H and O–H groups in total. The minimum atomic E-state index is -0.0903. The van der Waals surface area contributed by atoms with Gasteiger partial charge in [-0.2, -0.15) is 0 Å². The maximum absolute atomic E-state index is 13.6. The van der Waals surface area contributed by atoms with Crippen molar-refractivity contribution in [3.8, 4) is 0 Å². The van der Waals surface area contributed by atoms with Gasteiger partial charge in [-0.1, -0.05) is 32.9 Å². The zero-order valence-corrected chi connectivity index (χ0v) is 11.1. The maximum atomic E-state index is 13.6. The second-order valence-electron chi connectivity index (χ2n) is 5.56. The quantitative estimate of drug-likeness (QED) is 0.805. The van der Waals surface area contributed by atoms with Gasteiger partial charge in [-0.15, -0.1) is 0 Å². The van der Waals surface area contributed by atoms with Gasteiger partial charge in [0.15, 0.2) is 0 Å². The molecule has 0 aliphatic carbocycles. The molecule has 0 saturated heterocycles. The molecule has 1 rings (SSSR count). The number of halogens is 1. The first-order chi connectivity index (χ1) is 7.27. The summed E-state index contributed by atoms with van der Waals surface area (Å²) < 4.78 is 13.6. The van der Waals surface area contributed by atoms with Gasteiger partial charge in [0, 0.05) is 6.04 Å². The number of hydrogen-bond donors (Lipinski definition) is 1. The molecule has 1 nitrogen and oxygen atoms in total. The van der Waals surface area contributed by atoms with Crippen molar-refractivity contribution >= 4 is 0 Å². The number of benzene rings is 1. The van der Waals surface area contributed by atoms with Crippen LogP contribution in [-0.4, -0.2) is 7.05 Å². The van der Waals surface area contributed by atoms with Crippen molar-refractivity contribution < 1.29 is 4.39 Å². The van der Waals surface area contributed by atoms with E-state index >= 15 is 0 Å². The Labute approximate surface area is 98.1 Å². The molecular formula is C14H22FN. The molecule has 0 aliphatic heterocycles. The molecule has 90 valence electrons. The largest absolute Gasteiger partial charge is 0.313 e. The topological polar surface area (TPSA) is 12.0 Å². The Bertz CT molecular complexity index is 354. The molecule has 0 saturated carbocycles.